The van der Waals surface area contributed by atoms with E-state index in [9.17, 15) is 18.8 Å². The van der Waals surface area contributed by atoms with Gasteiger partial charge in [0.05, 0.1) is 16.6 Å². The number of anilines is 1. The Morgan fingerprint density at radius 1 is 1.07 bits per heavy atom. The van der Waals surface area contributed by atoms with E-state index in [1.807, 2.05) is 0 Å². The first-order valence-corrected chi connectivity index (χ1v) is 10.7. The summed E-state index contributed by atoms with van der Waals surface area (Å²) in [5.41, 5.74) is 0.771. The molecule has 2 saturated carbocycles. The third-order valence-corrected chi connectivity index (χ3v) is 6.34. The molecule has 0 aliphatic heterocycles. The first kappa shape index (κ1) is 20.6. The van der Waals surface area contributed by atoms with Crippen LogP contribution in [0.3, 0.4) is 0 Å². The van der Waals surface area contributed by atoms with Crippen LogP contribution >= 0.6 is 0 Å². The maximum Gasteiger partial charge on any atom is 0.332 e. The molecule has 0 atom stereocenters. The number of halogens is 1. The van der Waals surface area contributed by atoms with Gasteiger partial charge in [0.2, 0.25) is 0 Å². The lowest BCUT2D eigenvalue weighted by molar-refractivity contribution is -0.129. The number of nitrogens with zero attached hydrogens (tertiary/aromatic N) is 2. The summed E-state index contributed by atoms with van der Waals surface area (Å²) in [6.45, 7) is -0.624. The Hall–Kier alpha value is -2.68. The van der Waals surface area contributed by atoms with Gasteiger partial charge in [-0.25, -0.2) is 14.7 Å². The van der Waals surface area contributed by atoms with Crippen LogP contribution in [0.5, 0.6) is 0 Å². The van der Waals surface area contributed by atoms with Crippen molar-refractivity contribution in [2.45, 2.75) is 76.4 Å². The molecule has 4 rings (SSSR count). The van der Waals surface area contributed by atoms with Gasteiger partial charge in [0.15, 0.2) is 0 Å². The molecule has 8 nitrogen and oxygen atoms in total. The molecule has 0 saturated heterocycles. The largest absolute Gasteiger partial charge is 0.380 e. The second-order valence-electron chi connectivity index (χ2n) is 8.35. The van der Waals surface area contributed by atoms with Crippen molar-refractivity contribution in [2.75, 3.05) is 5.32 Å². The van der Waals surface area contributed by atoms with Gasteiger partial charge in [-0.3, -0.25) is 23.9 Å². The molecule has 2 fully saturated rings. The van der Waals surface area contributed by atoms with Crippen molar-refractivity contribution in [3.63, 3.8) is 0 Å². The Morgan fingerprint density at radius 2 is 1.73 bits per heavy atom. The molecule has 0 radical (unpaired) electrons. The highest BCUT2D eigenvalue weighted by molar-refractivity contribution is 5.83. The molecular weight excluding hydrogens is 391 g/mol. The smallest absolute Gasteiger partial charge is 0.332 e. The van der Waals surface area contributed by atoms with Crippen molar-refractivity contribution in [3.8, 4) is 0 Å². The van der Waals surface area contributed by atoms with Crippen LogP contribution in [0.2, 0.25) is 0 Å². The minimum absolute atomic E-state index is 0.0546. The molecule has 1 aromatic heterocycles. The van der Waals surface area contributed by atoms with Crippen LogP contribution in [0.4, 0.5) is 10.1 Å². The zero-order chi connectivity index (χ0) is 21.3. The molecule has 0 bridgehead atoms. The molecule has 30 heavy (non-hydrogen) atoms. The van der Waals surface area contributed by atoms with Crippen LogP contribution in [0.1, 0.15) is 63.8 Å². The molecule has 0 spiro atoms. The number of amides is 1. The molecule has 3 N–H and O–H groups in total. The molecule has 1 amide bonds. The summed E-state index contributed by atoms with van der Waals surface area (Å²) in [7, 11) is 0. The SMILES string of the molecule is O=C(Cn1c(=O)c2cc(F)c(NC3CCCCC3)cc2n(C2CCCC2)c1=O)NO. The Labute approximate surface area is 172 Å². The van der Waals surface area contributed by atoms with Gasteiger partial charge in [0, 0.05) is 12.1 Å². The summed E-state index contributed by atoms with van der Waals surface area (Å²) < 4.78 is 17.2. The van der Waals surface area contributed by atoms with Crippen molar-refractivity contribution >= 4 is 22.5 Å². The minimum Gasteiger partial charge on any atom is -0.380 e. The van der Waals surface area contributed by atoms with Crippen LogP contribution < -0.4 is 22.0 Å². The number of aromatic nitrogens is 2. The molecule has 1 aromatic carbocycles. The second-order valence-corrected chi connectivity index (χ2v) is 8.35. The Bertz CT molecular complexity index is 1070. The molecule has 2 aromatic rings. The fourth-order valence-corrected chi connectivity index (χ4v) is 4.81. The van der Waals surface area contributed by atoms with Gasteiger partial charge in [-0.1, -0.05) is 32.1 Å². The van der Waals surface area contributed by atoms with E-state index < -0.39 is 29.5 Å². The van der Waals surface area contributed by atoms with Crippen molar-refractivity contribution in [2.24, 2.45) is 0 Å². The summed E-state index contributed by atoms with van der Waals surface area (Å²) in [5, 5.41) is 12.1. The van der Waals surface area contributed by atoms with Crippen LogP contribution in [-0.4, -0.2) is 26.3 Å². The van der Waals surface area contributed by atoms with E-state index >= 15 is 0 Å². The van der Waals surface area contributed by atoms with Gasteiger partial charge < -0.3 is 5.32 Å². The van der Waals surface area contributed by atoms with E-state index in [-0.39, 0.29) is 17.5 Å². The maximum absolute atomic E-state index is 14.9. The van der Waals surface area contributed by atoms with Gasteiger partial charge in [-0.05, 0) is 37.8 Å². The molecule has 9 heteroatoms. The van der Waals surface area contributed by atoms with Gasteiger partial charge in [0.1, 0.15) is 12.4 Å². The minimum atomic E-state index is -0.887. The number of carbonyl (C=O) groups excluding carboxylic acids is 1. The highest BCUT2D eigenvalue weighted by atomic mass is 19.1. The number of hydrogen-bond acceptors (Lipinski definition) is 5. The summed E-state index contributed by atoms with van der Waals surface area (Å²) in [5.74, 6) is -1.44. The first-order chi connectivity index (χ1) is 14.5. The predicted molar refractivity (Wildman–Crippen MR) is 110 cm³/mol. The Kier molecular flexibility index (Phi) is 5.90. The number of hydroxylamine groups is 1. The van der Waals surface area contributed by atoms with E-state index in [2.05, 4.69) is 5.32 Å². The summed E-state index contributed by atoms with van der Waals surface area (Å²) in [6, 6.07) is 2.78. The third-order valence-electron chi connectivity index (χ3n) is 6.34. The summed E-state index contributed by atoms with van der Waals surface area (Å²) in [6.07, 6.45) is 8.78. The van der Waals surface area contributed by atoms with E-state index in [1.165, 1.54) is 16.5 Å². The Morgan fingerprint density at radius 3 is 2.40 bits per heavy atom. The van der Waals surface area contributed by atoms with Gasteiger partial charge in [-0.2, -0.15) is 0 Å². The van der Waals surface area contributed by atoms with Gasteiger partial charge >= 0.3 is 5.69 Å². The molecular formula is C21H27FN4O4. The highest BCUT2D eigenvalue weighted by Gasteiger charge is 2.25. The molecule has 2 aliphatic carbocycles. The van der Waals surface area contributed by atoms with Crippen molar-refractivity contribution in [1.29, 1.82) is 0 Å². The number of hydrogen-bond donors (Lipinski definition) is 3. The maximum atomic E-state index is 14.9. The van der Waals surface area contributed by atoms with Gasteiger partial charge in [-0.15, -0.1) is 0 Å². The van der Waals surface area contributed by atoms with Crippen LogP contribution in [0.25, 0.3) is 10.9 Å². The van der Waals surface area contributed by atoms with E-state index in [0.29, 0.717) is 11.2 Å². The fraction of sp³-hybridized carbons (Fsp3) is 0.571. The van der Waals surface area contributed by atoms with Crippen molar-refractivity contribution < 1.29 is 14.4 Å². The molecule has 2 aliphatic rings. The zero-order valence-electron chi connectivity index (χ0n) is 16.8. The van der Waals surface area contributed by atoms with E-state index in [4.69, 9.17) is 5.21 Å². The fourth-order valence-electron chi connectivity index (χ4n) is 4.81. The summed E-state index contributed by atoms with van der Waals surface area (Å²) >= 11 is 0. The lowest BCUT2D eigenvalue weighted by atomic mass is 9.95. The topological polar surface area (TPSA) is 105 Å². The van der Waals surface area contributed by atoms with Gasteiger partial charge in [0.25, 0.3) is 11.5 Å². The quantitative estimate of drug-likeness (QED) is 0.511. The number of carbonyl (C=O) groups is 1. The number of fused-ring (bicyclic) bond motifs is 1. The third kappa shape index (κ3) is 3.86. The molecule has 1 heterocycles. The van der Waals surface area contributed by atoms with Crippen LogP contribution in [0, 0.1) is 5.82 Å². The lowest BCUT2D eigenvalue weighted by Gasteiger charge is -2.25. The standard InChI is InChI=1S/C21H27FN4O4/c22-16-10-15-18(11-17(16)23-13-6-2-1-3-7-13)26(14-8-4-5-9-14)21(29)25(20(15)28)12-19(27)24-30/h10-11,13-14,23,30H,1-9,12H2,(H,24,27). The lowest BCUT2D eigenvalue weighted by Crippen LogP contribution is -2.44. The average Bonchev–Trinajstić information content (AvgIpc) is 3.27. The number of rotatable bonds is 5. The van der Waals surface area contributed by atoms with Crippen molar-refractivity contribution in [1.82, 2.24) is 14.6 Å². The summed E-state index contributed by atoms with van der Waals surface area (Å²) in [4.78, 5) is 37.7. The number of nitrogens with one attached hydrogen (secondary N) is 2. The van der Waals surface area contributed by atoms with E-state index in [0.717, 1.165) is 62.0 Å². The van der Waals surface area contributed by atoms with E-state index in [1.54, 1.807) is 6.07 Å². The Balaban J connectivity index is 1.88. The van der Waals surface area contributed by atoms with Crippen LogP contribution in [0.15, 0.2) is 21.7 Å². The second kappa shape index (κ2) is 8.59. The predicted octanol–water partition coefficient (Wildman–Crippen LogP) is 2.67. The first-order valence-electron chi connectivity index (χ1n) is 10.7. The molecule has 0 unspecified atom stereocenters. The monoisotopic (exact) mass is 418 g/mol. The molecule has 162 valence electrons. The average molecular weight is 418 g/mol. The highest BCUT2D eigenvalue weighted by Crippen LogP contribution is 2.32. The van der Waals surface area contributed by atoms with Crippen molar-refractivity contribution in [3.05, 3.63) is 38.8 Å². The number of benzene rings is 1. The normalized spacial score (nSPS) is 18.1. The van der Waals surface area contributed by atoms with Crippen LogP contribution in [-0.2, 0) is 11.3 Å². The zero-order valence-corrected chi connectivity index (χ0v) is 16.8.